The molecule has 1 aliphatic heterocycles. The van der Waals surface area contributed by atoms with Gasteiger partial charge in [0.15, 0.2) is 0 Å². The minimum absolute atomic E-state index is 0.254. The Morgan fingerprint density at radius 3 is 2.72 bits per heavy atom. The first-order valence-electron chi connectivity index (χ1n) is 6.21. The second-order valence-electron chi connectivity index (χ2n) is 4.51. The zero-order valence-corrected chi connectivity index (χ0v) is 11.2. The summed E-state index contributed by atoms with van der Waals surface area (Å²) in [5, 5.41) is 0. The van der Waals surface area contributed by atoms with Crippen molar-refractivity contribution in [3.8, 4) is 0 Å². The van der Waals surface area contributed by atoms with Crippen molar-refractivity contribution < 1.29 is 8.42 Å². The maximum Gasteiger partial charge on any atom is 0.242 e. The fraction of sp³-hybridized carbons (Fsp3) is 0.636. The van der Waals surface area contributed by atoms with Gasteiger partial charge in [-0.3, -0.25) is 0 Å². The lowest BCUT2D eigenvalue weighted by molar-refractivity contribution is 0.344. The predicted molar refractivity (Wildman–Crippen MR) is 69.5 cm³/mol. The number of H-pyrrole nitrogens is 1. The molecule has 7 heteroatoms. The Labute approximate surface area is 108 Å². The highest BCUT2D eigenvalue weighted by molar-refractivity contribution is 7.89. The minimum Gasteiger partial charge on any atom is -0.363 e. The van der Waals surface area contributed by atoms with Crippen LogP contribution in [-0.2, 0) is 16.6 Å². The molecular weight excluding hydrogens is 252 g/mol. The predicted octanol–water partition coefficient (Wildman–Crippen LogP) is -0.152. The van der Waals surface area contributed by atoms with Crippen LogP contribution >= 0.6 is 0 Å². The van der Waals surface area contributed by atoms with E-state index < -0.39 is 10.0 Å². The Hall–Kier alpha value is -0.890. The van der Waals surface area contributed by atoms with Crippen molar-refractivity contribution in [2.75, 3.05) is 26.2 Å². The molecule has 4 N–H and O–H groups in total. The SMILES string of the molecule is NCc1cc(S(=O)(=O)NCCN2CCCC2)c[nH]1. The Bertz CT molecular complexity index is 477. The average Bonchev–Trinajstić information content (AvgIpc) is 2.99. The summed E-state index contributed by atoms with van der Waals surface area (Å²) in [7, 11) is -3.40. The summed E-state index contributed by atoms with van der Waals surface area (Å²) < 4.78 is 26.5. The van der Waals surface area contributed by atoms with E-state index in [0.717, 1.165) is 25.3 Å². The molecule has 0 unspecified atom stereocenters. The van der Waals surface area contributed by atoms with Crippen molar-refractivity contribution in [1.29, 1.82) is 0 Å². The third-order valence-electron chi connectivity index (χ3n) is 3.17. The van der Waals surface area contributed by atoms with Gasteiger partial charge in [0, 0.05) is 31.5 Å². The minimum atomic E-state index is -3.40. The van der Waals surface area contributed by atoms with Crippen LogP contribution in [-0.4, -0.2) is 44.5 Å². The molecule has 1 aliphatic rings. The summed E-state index contributed by atoms with van der Waals surface area (Å²) in [5.41, 5.74) is 6.15. The zero-order chi connectivity index (χ0) is 13.0. The standard InChI is InChI=1S/C11H20N4O2S/c12-8-10-7-11(9-13-10)18(16,17)14-3-6-15-4-1-2-5-15/h7,9,13-14H,1-6,8,12H2. The van der Waals surface area contributed by atoms with E-state index in [1.165, 1.54) is 19.0 Å². The van der Waals surface area contributed by atoms with Crippen LogP contribution in [0.3, 0.4) is 0 Å². The van der Waals surface area contributed by atoms with E-state index in [2.05, 4.69) is 14.6 Å². The van der Waals surface area contributed by atoms with E-state index in [9.17, 15) is 8.42 Å². The van der Waals surface area contributed by atoms with E-state index in [1.54, 1.807) is 6.07 Å². The Balaban J connectivity index is 1.86. The largest absolute Gasteiger partial charge is 0.363 e. The molecule has 0 atom stereocenters. The number of hydrogen-bond donors (Lipinski definition) is 3. The molecule has 0 saturated carbocycles. The Morgan fingerprint density at radius 2 is 2.11 bits per heavy atom. The van der Waals surface area contributed by atoms with Crippen molar-refractivity contribution >= 4 is 10.0 Å². The monoisotopic (exact) mass is 272 g/mol. The fourth-order valence-corrected chi connectivity index (χ4v) is 3.16. The van der Waals surface area contributed by atoms with Gasteiger partial charge in [-0.1, -0.05) is 0 Å². The Kier molecular flexibility index (Phi) is 4.39. The van der Waals surface area contributed by atoms with Gasteiger partial charge in [0.2, 0.25) is 10.0 Å². The van der Waals surface area contributed by atoms with Gasteiger partial charge in [-0.05, 0) is 32.0 Å². The molecule has 0 aromatic carbocycles. The highest BCUT2D eigenvalue weighted by atomic mass is 32.2. The van der Waals surface area contributed by atoms with E-state index in [0.29, 0.717) is 13.1 Å². The summed E-state index contributed by atoms with van der Waals surface area (Å²) in [6.45, 7) is 3.68. The number of rotatable bonds is 6. The van der Waals surface area contributed by atoms with Gasteiger partial charge < -0.3 is 15.6 Å². The number of nitrogens with zero attached hydrogens (tertiary/aromatic N) is 1. The van der Waals surface area contributed by atoms with Gasteiger partial charge in [-0.15, -0.1) is 0 Å². The van der Waals surface area contributed by atoms with Gasteiger partial charge in [-0.2, -0.15) is 0 Å². The summed E-state index contributed by atoms with van der Waals surface area (Å²) in [6.07, 6.45) is 3.90. The zero-order valence-electron chi connectivity index (χ0n) is 10.4. The molecule has 0 spiro atoms. The molecule has 6 nitrogen and oxygen atoms in total. The summed E-state index contributed by atoms with van der Waals surface area (Å²) in [4.78, 5) is 5.36. The normalized spacial score (nSPS) is 17.4. The van der Waals surface area contributed by atoms with E-state index in [4.69, 9.17) is 5.73 Å². The van der Waals surface area contributed by atoms with Crippen LogP contribution in [0, 0.1) is 0 Å². The summed E-state index contributed by atoms with van der Waals surface area (Å²) in [6, 6.07) is 1.57. The number of nitrogens with two attached hydrogens (primary N) is 1. The second kappa shape index (κ2) is 5.83. The molecule has 102 valence electrons. The molecule has 1 saturated heterocycles. The Morgan fingerprint density at radius 1 is 1.39 bits per heavy atom. The van der Waals surface area contributed by atoms with Crippen molar-refractivity contribution in [3.05, 3.63) is 18.0 Å². The average molecular weight is 272 g/mol. The van der Waals surface area contributed by atoms with E-state index in [1.807, 2.05) is 0 Å². The van der Waals surface area contributed by atoms with Crippen molar-refractivity contribution in [2.24, 2.45) is 5.73 Å². The fourth-order valence-electron chi connectivity index (χ4n) is 2.12. The molecule has 18 heavy (non-hydrogen) atoms. The molecule has 0 amide bonds. The van der Waals surface area contributed by atoms with Crippen LogP contribution in [0.15, 0.2) is 17.2 Å². The van der Waals surface area contributed by atoms with Gasteiger partial charge in [-0.25, -0.2) is 13.1 Å². The van der Waals surface area contributed by atoms with Crippen LogP contribution in [0.1, 0.15) is 18.5 Å². The van der Waals surface area contributed by atoms with Gasteiger partial charge in [0.05, 0.1) is 4.90 Å². The summed E-state index contributed by atoms with van der Waals surface area (Å²) in [5.74, 6) is 0. The first-order valence-corrected chi connectivity index (χ1v) is 7.69. The van der Waals surface area contributed by atoms with E-state index >= 15 is 0 Å². The van der Waals surface area contributed by atoms with Crippen molar-refractivity contribution in [2.45, 2.75) is 24.3 Å². The van der Waals surface area contributed by atoms with Crippen LogP contribution < -0.4 is 10.5 Å². The first kappa shape index (κ1) is 13.5. The number of hydrogen-bond acceptors (Lipinski definition) is 4. The van der Waals surface area contributed by atoms with Crippen molar-refractivity contribution in [3.63, 3.8) is 0 Å². The molecule has 1 aromatic rings. The van der Waals surface area contributed by atoms with E-state index in [-0.39, 0.29) is 4.90 Å². The quantitative estimate of drug-likeness (QED) is 0.671. The van der Waals surface area contributed by atoms with Crippen LogP contribution in [0.25, 0.3) is 0 Å². The van der Waals surface area contributed by atoms with Gasteiger partial charge in [0.25, 0.3) is 0 Å². The molecule has 0 aliphatic carbocycles. The first-order chi connectivity index (χ1) is 8.62. The van der Waals surface area contributed by atoms with Gasteiger partial charge in [0.1, 0.15) is 0 Å². The van der Waals surface area contributed by atoms with Crippen LogP contribution in [0.2, 0.25) is 0 Å². The molecule has 1 aromatic heterocycles. The van der Waals surface area contributed by atoms with Crippen LogP contribution in [0.5, 0.6) is 0 Å². The molecule has 2 heterocycles. The highest BCUT2D eigenvalue weighted by Crippen LogP contribution is 2.10. The molecular formula is C11H20N4O2S. The second-order valence-corrected chi connectivity index (χ2v) is 6.28. The molecule has 0 bridgehead atoms. The maximum atomic E-state index is 11.9. The number of likely N-dealkylation sites (tertiary alicyclic amines) is 1. The number of nitrogens with one attached hydrogen (secondary N) is 2. The molecule has 2 rings (SSSR count). The third-order valence-corrected chi connectivity index (χ3v) is 4.61. The maximum absolute atomic E-state index is 11.9. The lowest BCUT2D eigenvalue weighted by Crippen LogP contribution is -2.33. The smallest absolute Gasteiger partial charge is 0.242 e. The lowest BCUT2D eigenvalue weighted by Gasteiger charge is -2.14. The topological polar surface area (TPSA) is 91.2 Å². The number of aromatic amines is 1. The van der Waals surface area contributed by atoms with Crippen LogP contribution in [0.4, 0.5) is 0 Å². The van der Waals surface area contributed by atoms with Gasteiger partial charge >= 0.3 is 0 Å². The highest BCUT2D eigenvalue weighted by Gasteiger charge is 2.16. The molecule has 0 radical (unpaired) electrons. The number of aromatic nitrogens is 1. The molecule has 1 fully saturated rings. The summed E-state index contributed by atoms with van der Waals surface area (Å²) >= 11 is 0. The lowest BCUT2D eigenvalue weighted by atomic mass is 10.4. The number of sulfonamides is 1. The third kappa shape index (κ3) is 3.32. The van der Waals surface area contributed by atoms with Crippen molar-refractivity contribution in [1.82, 2.24) is 14.6 Å².